The van der Waals surface area contributed by atoms with Crippen LogP contribution in [0.15, 0.2) is 30.3 Å². The normalized spacial score (nSPS) is 45.5. The maximum Gasteiger partial charge on any atom is 0.223 e. The van der Waals surface area contributed by atoms with E-state index in [1.54, 1.807) is 0 Å². The summed E-state index contributed by atoms with van der Waals surface area (Å²) in [6.07, 6.45) is 6.94. The second-order valence-corrected chi connectivity index (χ2v) is 16.9. The summed E-state index contributed by atoms with van der Waals surface area (Å²) in [5.74, 6) is 1.44. The molecule has 3 N–H and O–H groups in total. The maximum absolute atomic E-state index is 14.8. The molecule has 6 nitrogen and oxygen atoms in total. The highest BCUT2D eigenvalue weighted by atomic mass is 16.3. The lowest BCUT2D eigenvalue weighted by molar-refractivity contribution is -0.171. The van der Waals surface area contributed by atoms with Gasteiger partial charge in [0.15, 0.2) is 0 Å². The van der Waals surface area contributed by atoms with Crippen LogP contribution in [0.4, 0.5) is 0 Å². The zero-order chi connectivity index (χ0) is 31.9. The minimum Gasteiger partial charge on any atom is -0.393 e. The van der Waals surface area contributed by atoms with Crippen LogP contribution < -0.4 is 10.6 Å². The van der Waals surface area contributed by atoms with Crippen molar-refractivity contribution in [2.75, 3.05) is 20.6 Å². The first-order valence-electron chi connectivity index (χ1n) is 17.6. The molecule has 2 spiro atoms. The van der Waals surface area contributed by atoms with Crippen molar-refractivity contribution < 1.29 is 14.7 Å². The number of rotatable bonds is 9. The summed E-state index contributed by atoms with van der Waals surface area (Å²) in [6.45, 7) is 15.2. The molecular weight excluding hydrogens is 546 g/mol. The predicted molar refractivity (Wildman–Crippen MR) is 176 cm³/mol. The number of aliphatic hydroxyl groups is 1. The van der Waals surface area contributed by atoms with Crippen LogP contribution in [-0.2, 0) is 16.1 Å². The van der Waals surface area contributed by atoms with E-state index >= 15 is 0 Å². The van der Waals surface area contributed by atoms with Gasteiger partial charge in [-0.15, -0.1) is 0 Å². The van der Waals surface area contributed by atoms with Crippen LogP contribution in [0.25, 0.3) is 0 Å². The smallest absolute Gasteiger partial charge is 0.223 e. The van der Waals surface area contributed by atoms with E-state index < -0.39 is 0 Å². The van der Waals surface area contributed by atoms with Crippen LogP contribution in [0, 0.1) is 50.7 Å². The first kappa shape index (κ1) is 32.2. The van der Waals surface area contributed by atoms with Crippen molar-refractivity contribution in [3.8, 4) is 0 Å². The molecule has 0 bridgehead atoms. The molecular formula is C38H59N3O3. The summed E-state index contributed by atoms with van der Waals surface area (Å²) in [6, 6.07) is 10.9. The SMILES string of the molecule is CC[C@H](C)C(=O)N[C@H]1CCC23C[C@]24C(=O)C[C@]2(C)[C@@H]([C@H](C)N(C)C)[C@H](O)C[C@@]2(C)[C@@H]4CC[C@H]3[C@]1(C)CNCc1ccccc1. The van der Waals surface area contributed by atoms with Gasteiger partial charge in [0, 0.05) is 54.3 Å². The Morgan fingerprint density at radius 1 is 1.05 bits per heavy atom. The molecule has 5 saturated carbocycles. The third-order valence-electron chi connectivity index (χ3n) is 15.1. The van der Waals surface area contributed by atoms with Crippen molar-refractivity contribution in [2.45, 2.75) is 118 Å². The summed E-state index contributed by atoms with van der Waals surface area (Å²) < 4.78 is 0. The lowest BCUT2D eigenvalue weighted by Crippen LogP contribution is -2.65. The predicted octanol–water partition coefficient (Wildman–Crippen LogP) is 5.83. The zero-order valence-corrected chi connectivity index (χ0v) is 28.7. The summed E-state index contributed by atoms with van der Waals surface area (Å²) in [5, 5.41) is 19.0. The van der Waals surface area contributed by atoms with Crippen LogP contribution in [0.5, 0.6) is 0 Å². The van der Waals surface area contributed by atoms with Gasteiger partial charge < -0.3 is 20.6 Å². The summed E-state index contributed by atoms with van der Waals surface area (Å²) in [7, 11) is 4.21. The molecule has 244 valence electrons. The molecule has 12 atom stereocenters. The second-order valence-electron chi connectivity index (χ2n) is 16.9. The monoisotopic (exact) mass is 605 g/mol. The van der Waals surface area contributed by atoms with Gasteiger partial charge in [0.05, 0.1) is 6.10 Å². The lowest BCUT2D eigenvalue weighted by atomic mass is 9.41. The Labute approximate surface area is 266 Å². The molecule has 0 heterocycles. The molecule has 6 heteroatoms. The highest BCUT2D eigenvalue weighted by molar-refractivity contribution is 5.92. The fraction of sp³-hybridized carbons (Fsp3) is 0.789. The summed E-state index contributed by atoms with van der Waals surface area (Å²) >= 11 is 0. The molecule has 44 heavy (non-hydrogen) atoms. The Balaban J connectivity index is 1.33. The fourth-order valence-corrected chi connectivity index (χ4v) is 12.2. The lowest BCUT2D eigenvalue weighted by Gasteiger charge is -2.63. The van der Waals surface area contributed by atoms with E-state index in [1.807, 2.05) is 6.92 Å². The van der Waals surface area contributed by atoms with E-state index in [1.165, 1.54) is 5.56 Å². The van der Waals surface area contributed by atoms with Crippen LogP contribution in [0.1, 0.15) is 98.5 Å². The maximum atomic E-state index is 14.8. The molecule has 1 unspecified atom stereocenters. The standard InChI is InChI=1S/C38H59N3O3/c1-9-24(2)33(44)40-30-17-18-37-22-38(37)29(16-15-28(37)34(30,4)23-39-21-26-13-11-10-12-14-26)35(5)19-27(42)32(25(3)41(7)8)36(35,6)20-31(38)43/h10-14,24-25,27-30,32,39,42H,9,15-23H2,1-8H3,(H,40,44)/t24-,25-,27+,28-,29-,30-,32-,34-,35-,36+,37?,38-/m0/s1. The van der Waals surface area contributed by atoms with Crippen LogP contribution >= 0.6 is 0 Å². The number of carbonyl (C=O) groups excluding carboxylic acids is 2. The Hall–Kier alpha value is -1.76. The average molecular weight is 606 g/mol. The van der Waals surface area contributed by atoms with Crippen molar-refractivity contribution in [2.24, 2.45) is 50.7 Å². The Morgan fingerprint density at radius 2 is 1.73 bits per heavy atom. The van der Waals surface area contributed by atoms with Gasteiger partial charge in [-0.25, -0.2) is 0 Å². The molecule has 1 amide bonds. The van der Waals surface area contributed by atoms with E-state index in [0.717, 1.165) is 58.0 Å². The summed E-state index contributed by atoms with van der Waals surface area (Å²) in [5.41, 5.74) is 0.587. The molecule has 1 aromatic rings. The third kappa shape index (κ3) is 4.29. The number of carbonyl (C=O) groups is 2. The summed E-state index contributed by atoms with van der Waals surface area (Å²) in [4.78, 5) is 30.3. The molecule has 1 aromatic carbocycles. The van der Waals surface area contributed by atoms with Gasteiger partial charge in [-0.1, -0.05) is 65.0 Å². The third-order valence-corrected chi connectivity index (χ3v) is 15.1. The number of amides is 1. The van der Waals surface area contributed by atoms with Crippen LogP contribution in [0.2, 0.25) is 0 Å². The molecule has 0 saturated heterocycles. The quantitative estimate of drug-likeness (QED) is 0.330. The number of aliphatic hydroxyl groups excluding tert-OH is 1. The van der Waals surface area contributed by atoms with Gasteiger partial charge >= 0.3 is 0 Å². The van der Waals surface area contributed by atoms with E-state index in [4.69, 9.17) is 0 Å². The number of ketones is 1. The number of hydrogen-bond donors (Lipinski definition) is 3. The number of nitrogens with one attached hydrogen (secondary N) is 2. The molecule has 0 aliphatic heterocycles. The Bertz CT molecular complexity index is 1270. The molecule has 5 aliphatic rings. The highest BCUT2D eigenvalue weighted by Crippen LogP contribution is 2.87. The largest absolute Gasteiger partial charge is 0.393 e. The number of Topliss-reactive ketones (excluding diaryl/α,β-unsaturated/α-hetero) is 1. The van der Waals surface area contributed by atoms with Crippen molar-refractivity contribution in [3.63, 3.8) is 0 Å². The van der Waals surface area contributed by atoms with E-state index in [2.05, 4.69) is 94.6 Å². The second kappa shape index (κ2) is 10.9. The first-order valence-corrected chi connectivity index (χ1v) is 17.6. The number of benzene rings is 1. The average Bonchev–Trinajstić information content (AvgIpc) is 3.62. The van der Waals surface area contributed by atoms with E-state index in [9.17, 15) is 14.7 Å². The van der Waals surface area contributed by atoms with Crippen molar-refractivity contribution in [3.05, 3.63) is 35.9 Å². The van der Waals surface area contributed by atoms with Gasteiger partial charge in [-0.2, -0.15) is 0 Å². The molecule has 0 radical (unpaired) electrons. The topological polar surface area (TPSA) is 81.7 Å². The van der Waals surface area contributed by atoms with Gasteiger partial charge in [-0.3, -0.25) is 9.59 Å². The van der Waals surface area contributed by atoms with Gasteiger partial charge in [0.25, 0.3) is 0 Å². The highest BCUT2D eigenvalue weighted by Gasteiger charge is 2.86. The Kier molecular flexibility index (Phi) is 7.98. The minimum absolute atomic E-state index is 0.000681. The Morgan fingerprint density at radius 3 is 2.39 bits per heavy atom. The molecule has 5 fully saturated rings. The van der Waals surface area contributed by atoms with Crippen molar-refractivity contribution >= 4 is 11.7 Å². The first-order chi connectivity index (χ1) is 20.7. The number of nitrogens with zero attached hydrogens (tertiary/aromatic N) is 1. The molecule has 0 aromatic heterocycles. The number of hydrogen-bond acceptors (Lipinski definition) is 5. The molecule has 6 rings (SSSR count). The van der Waals surface area contributed by atoms with Crippen molar-refractivity contribution in [1.29, 1.82) is 0 Å². The number of fused-ring (bicyclic) bond motifs is 2. The fourth-order valence-electron chi connectivity index (χ4n) is 12.2. The van der Waals surface area contributed by atoms with Gasteiger partial charge in [-0.05, 0) is 99.6 Å². The van der Waals surface area contributed by atoms with Crippen molar-refractivity contribution in [1.82, 2.24) is 15.5 Å². The van der Waals surface area contributed by atoms with Gasteiger partial charge in [0.2, 0.25) is 5.91 Å². The van der Waals surface area contributed by atoms with E-state index in [-0.39, 0.29) is 63.0 Å². The minimum atomic E-state index is -0.378. The van der Waals surface area contributed by atoms with Gasteiger partial charge in [0.1, 0.15) is 5.78 Å². The molecule has 5 aliphatic carbocycles. The van der Waals surface area contributed by atoms with Crippen LogP contribution in [0.3, 0.4) is 0 Å². The van der Waals surface area contributed by atoms with E-state index in [0.29, 0.717) is 24.0 Å². The van der Waals surface area contributed by atoms with Crippen LogP contribution in [-0.4, -0.2) is 60.5 Å². The zero-order valence-electron chi connectivity index (χ0n) is 28.7.